The molecule has 0 aliphatic rings. The first-order valence-electron chi connectivity index (χ1n) is 6.75. The summed E-state index contributed by atoms with van der Waals surface area (Å²) in [6.07, 6.45) is 1.15. The summed E-state index contributed by atoms with van der Waals surface area (Å²) in [6.45, 7) is 7.46. The first-order valence-corrected chi connectivity index (χ1v) is 6.75. The molecule has 0 aromatic carbocycles. The van der Waals surface area contributed by atoms with Crippen LogP contribution in [0.25, 0.3) is 0 Å². The number of carbonyl (C=O) groups excluding carboxylic acids is 1. The molecule has 0 aliphatic heterocycles. The van der Waals surface area contributed by atoms with Gasteiger partial charge < -0.3 is 14.9 Å². The monoisotopic (exact) mass is 282 g/mol. The van der Waals surface area contributed by atoms with Crippen LogP contribution >= 0.6 is 0 Å². The van der Waals surface area contributed by atoms with Gasteiger partial charge in [-0.05, 0) is 32.6 Å². The van der Waals surface area contributed by atoms with Crippen LogP contribution < -0.4 is 5.32 Å². The van der Waals surface area contributed by atoms with E-state index in [1.165, 1.54) is 0 Å². The SMILES string of the molecule is Cc1noc(C)c1CCC(=O)NC(CC(C)C)C(=O)O. The van der Waals surface area contributed by atoms with Crippen LogP contribution in [0, 0.1) is 19.8 Å². The maximum atomic E-state index is 11.8. The highest BCUT2D eigenvalue weighted by Crippen LogP contribution is 2.14. The van der Waals surface area contributed by atoms with Gasteiger partial charge in [-0.1, -0.05) is 19.0 Å². The van der Waals surface area contributed by atoms with Gasteiger partial charge in [-0.3, -0.25) is 4.79 Å². The van der Waals surface area contributed by atoms with Gasteiger partial charge in [0.05, 0.1) is 5.69 Å². The Bertz CT molecular complexity index is 460. The summed E-state index contributed by atoms with van der Waals surface area (Å²) in [7, 11) is 0. The van der Waals surface area contributed by atoms with Crippen LogP contribution in [0.5, 0.6) is 0 Å². The summed E-state index contributed by atoms with van der Waals surface area (Å²) in [5, 5.41) is 15.5. The molecule has 1 heterocycles. The largest absolute Gasteiger partial charge is 0.480 e. The molecule has 0 saturated carbocycles. The Labute approximate surface area is 118 Å². The molecule has 1 atom stereocenters. The van der Waals surface area contributed by atoms with Crippen molar-refractivity contribution >= 4 is 11.9 Å². The number of aliphatic carboxylic acids is 1. The van der Waals surface area contributed by atoms with E-state index in [1.54, 1.807) is 6.92 Å². The van der Waals surface area contributed by atoms with Gasteiger partial charge in [0, 0.05) is 12.0 Å². The molecule has 0 saturated heterocycles. The van der Waals surface area contributed by atoms with Crippen LogP contribution in [0.1, 0.15) is 43.7 Å². The predicted octanol–water partition coefficient (Wildman–Crippen LogP) is 1.84. The molecule has 20 heavy (non-hydrogen) atoms. The van der Waals surface area contributed by atoms with Gasteiger partial charge in [0.1, 0.15) is 11.8 Å². The van der Waals surface area contributed by atoms with E-state index in [0.29, 0.717) is 18.6 Å². The Balaban J connectivity index is 2.52. The molecule has 6 nitrogen and oxygen atoms in total. The zero-order valence-electron chi connectivity index (χ0n) is 12.4. The van der Waals surface area contributed by atoms with Crippen molar-refractivity contribution in [1.29, 1.82) is 0 Å². The molecular weight excluding hydrogens is 260 g/mol. The van der Waals surface area contributed by atoms with Crippen LogP contribution in [0.3, 0.4) is 0 Å². The van der Waals surface area contributed by atoms with Crippen molar-refractivity contribution in [1.82, 2.24) is 10.5 Å². The van der Waals surface area contributed by atoms with E-state index in [4.69, 9.17) is 9.63 Å². The molecule has 0 spiro atoms. The minimum Gasteiger partial charge on any atom is -0.480 e. The summed E-state index contributed by atoms with van der Waals surface area (Å²) >= 11 is 0. The fraction of sp³-hybridized carbons (Fsp3) is 0.643. The third-order valence-electron chi connectivity index (χ3n) is 3.12. The molecule has 1 aromatic heterocycles. The van der Waals surface area contributed by atoms with E-state index < -0.39 is 12.0 Å². The number of hydrogen-bond acceptors (Lipinski definition) is 4. The Hall–Kier alpha value is -1.85. The number of carboxylic acid groups (broad SMARTS) is 1. The zero-order valence-corrected chi connectivity index (χ0v) is 12.4. The molecule has 2 N–H and O–H groups in total. The molecule has 0 radical (unpaired) electrons. The number of nitrogens with one attached hydrogen (secondary N) is 1. The standard InChI is InChI=1S/C14H22N2O4/c1-8(2)7-12(14(18)19)15-13(17)6-5-11-9(3)16-20-10(11)4/h8,12H,5-7H2,1-4H3,(H,15,17)(H,18,19). The van der Waals surface area contributed by atoms with Crippen LogP contribution in [0.15, 0.2) is 4.52 Å². The van der Waals surface area contributed by atoms with Crippen molar-refractivity contribution in [3.8, 4) is 0 Å². The topological polar surface area (TPSA) is 92.4 Å². The lowest BCUT2D eigenvalue weighted by Crippen LogP contribution is -2.41. The zero-order chi connectivity index (χ0) is 15.3. The number of nitrogens with zero attached hydrogens (tertiary/aromatic N) is 1. The van der Waals surface area contributed by atoms with Crippen molar-refractivity contribution in [3.05, 3.63) is 17.0 Å². The average Bonchev–Trinajstić information content (AvgIpc) is 2.65. The first-order chi connectivity index (χ1) is 9.31. The summed E-state index contributed by atoms with van der Waals surface area (Å²) in [5.41, 5.74) is 1.68. The van der Waals surface area contributed by atoms with Crippen LogP contribution in [0.4, 0.5) is 0 Å². The Morgan fingerprint density at radius 2 is 2.00 bits per heavy atom. The number of aromatic nitrogens is 1. The molecule has 6 heteroatoms. The molecule has 0 fully saturated rings. The lowest BCUT2D eigenvalue weighted by Gasteiger charge is -2.16. The van der Waals surface area contributed by atoms with Gasteiger partial charge >= 0.3 is 5.97 Å². The third-order valence-corrected chi connectivity index (χ3v) is 3.12. The van der Waals surface area contributed by atoms with Gasteiger partial charge in [-0.2, -0.15) is 0 Å². The van der Waals surface area contributed by atoms with Crippen molar-refractivity contribution in [2.45, 2.75) is 53.0 Å². The first kappa shape index (κ1) is 16.2. The van der Waals surface area contributed by atoms with Crippen molar-refractivity contribution in [2.24, 2.45) is 5.92 Å². The summed E-state index contributed by atoms with van der Waals surface area (Å²) in [4.78, 5) is 22.9. The number of carboxylic acids is 1. The highest BCUT2D eigenvalue weighted by atomic mass is 16.5. The van der Waals surface area contributed by atoms with Crippen LogP contribution in [-0.2, 0) is 16.0 Å². The fourth-order valence-corrected chi connectivity index (χ4v) is 2.06. The second kappa shape index (κ2) is 7.07. The molecular formula is C14H22N2O4. The van der Waals surface area contributed by atoms with Crippen LogP contribution in [0.2, 0.25) is 0 Å². The molecule has 1 unspecified atom stereocenters. The van der Waals surface area contributed by atoms with E-state index in [-0.39, 0.29) is 18.2 Å². The maximum Gasteiger partial charge on any atom is 0.326 e. The van der Waals surface area contributed by atoms with Gasteiger partial charge in [0.15, 0.2) is 0 Å². The lowest BCUT2D eigenvalue weighted by atomic mass is 10.0. The minimum absolute atomic E-state index is 0.207. The quantitative estimate of drug-likeness (QED) is 0.796. The van der Waals surface area contributed by atoms with E-state index in [9.17, 15) is 9.59 Å². The average molecular weight is 282 g/mol. The maximum absolute atomic E-state index is 11.8. The number of carbonyl (C=O) groups is 2. The van der Waals surface area contributed by atoms with Gasteiger partial charge in [0.25, 0.3) is 0 Å². The molecule has 0 bridgehead atoms. The smallest absolute Gasteiger partial charge is 0.326 e. The second-order valence-corrected chi connectivity index (χ2v) is 5.39. The van der Waals surface area contributed by atoms with Gasteiger partial charge in [-0.15, -0.1) is 0 Å². The van der Waals surface area contributed by atoms with Crippen LogP contribution in [-0.4, -0.2) is 28.2 Å². The Morgan fingerprint density at radius 3 is 2.45 bits per heavy atom. The Morgan fingerprint density at radius 1 is 1.35 bits per heavy atom. The third kappa shape index (κ3) is 4.68. The van der Waals surface area contributed by atoms with E-state index in [0.717, 1.165) is 11.3 Å². The molecule has 1 amide bonds. The minimum atomic E-state index is -0.996. The van der Waals surface area contributed by atoms with Gasteiger partial charge in [-0.25, -0.2) is 4.79 Å². The molecule has 1 rings (SSSR count). The molecule has 0 aliphatic carbocycles. The van der Waals surface area contributed by atoms with Crippen molar-refractivity contribution in [2.75, 3.05) is 0 Å². The highest BCUT2D eigenvalue weighted by molar-refractivity contribution is 5.83. The van der Waals surface area contributed by atoms with E-state index in [1.807, 2.05) is 20.8 Å². The number of rotatable bonds is 7. The lowest BCUT2D eigenvalue weighted by molar-refractivity contribution is -0.142. The highest BCUT2D eigenvalue weighted by Gasteiger charge is 2.21. The molecule has 1 aromatic rings. The Kier molecular flexibility index (Phi) is 5.73. The second-order valence-electron chi connectivity index (χ2n) is 5.39. The number of hydrogen-bond donors (Lipinski definition) is 2. The fourth-order valence-electron chi connectivity index (χ4n) is 2.06. The molecule has 112 valence electrons. The van der Waals surface area contributed by atoms with E-state index in [2.05, 4.69) is 10.5 Å². The van der Waals surface area contributed by atoms with Crippen molar-refractivity contribution in [3.63, 3.8) is 0 Å². The predicted molar refractivity (Wildman–Crippen MR) is 73.3 cm³/mol. The summed E-state index contributed by atoms with van der Waals surface area (Å²) < 4.78 is 5.02. The normalized spacial score (nSPS) is 12.4. The number of aryl methyl sites for hydroxylation is 2. The van der Waals surface area contributed by atoms with Gasteiger partial charge in [0.2, 0.25) is 5.91 Å². The van der Waals surface area contributed by atoms with E-state index >= 15 is 0 Å². The van der Waals surface area contributed by atoms with Crippen molar-refractivity contribution < 1.29 is 19.2 Å². The number of amides is 1. The summed E-state index contributed by atoms with van der Waals surface area (Å²) in [6, 6.07) is -0.827. The summed E-state index contributed by atoms with van der Waals surface area (Å²) in [5.74, 6) is -0.353.